The van der Waals surface area contributed by atoms with Crippen LogP contribution < -0.4 is 0 Å². The fraction of sp³-hybridized carbons (Fsp3) is 0.815. The lowest BCUT2D eigenvalue weighted by Gasteiger charge is -2.62. The largest absolute Gasteiger partial charge is 0.469 e. The maximum atomic E-state index is 13.2. The molecule has 0 N–H and O–H groups in total. The Balaban J connectivity index is 1.66. The van der Waals surface area contributed by atoms with Crippen molar-refractivity contribution in [2.45, 2.75) is 90.8 Å². The Morgan fingerprint density at radius 3 is 2.55 bits per heavy atom. The molecule has 0 aromatic heterocycles. The number of carbonyl (C=O) groups excluding carboxylic acids is 3. The predicted octanol–water partition coefficient (Wildman–Crippen LogP) is 4.60. The number of allylic oxidation sites excluding steroid dienone is 1. The Morgan fingerprint density at radius 1 is 1.15 bits per heavy atom. The van der Waals surface area contributed by atoms with E-state index in [2.05, 4.69) is 26.8 Å². The van der Waals surface area contributed by atoms with Crippen molar-refractivity contribution in [1.29, 1.82) is 0 Å². The lowest BCUT2D eigenvalue weighted by molar-refractivity contribution is -0.203. The third-order valence-electron chi connectivity index (χ3n) is 10.4. The first-order valence-electron chi connectivity index (χ1n) is 12.7. The van der Waals surface area contributed by atoms with Crippen LogP contribution in [0.3, 0.4) is 0 Å². The van der Waals surface area contributed by atoms with Crippen molar-refractivity contribution >= 4 is 17.9 Å². The summed E-state index contributed by atoms with van der Waals surface area (Å²) in [6.07, 6.45) is 8.61. The summed E-state index contributed by atoms with van der Waals surface area (Å²) in [5.41, 5.74) is 0.366. The summed E-state index contributed by atoms with van der Waals surface area (Å²) in [4.78, 5) is 37.8. The molecule has 5 rings (SSSR count). The van der Waals surface area contributed by atoms with Crippen molar-refractivity contribution in [3.63, 3.8) is 0 Å². The monoisotopic (exact) mass is 458 g/mol. The van der Waals surface area contributed by atoms with Gasteiger partial charge in [-0.3, -0.25) is 14.4 Å². The smallest absolute Gasteiger partial charge is 0.312 e. The van der Waals surface area contributed by atoms with E-state index in [-0.39, 0.29) is 58.5 Å². The number of carbonyl (C=O) groups is 3. The van der Waals surface area contributed by atoms with Crippen LogP contribution in [-0.4, -0.2) is 36.7 Å². The van der Waals surface area contributed by atoms with Crippen LogP contribution in [0.5, 0.6) is 0 Å². The molecule has 3 saturated carbocycles. The van der Waals surface area contributed by atoms with Gasteiger partial charge in [-0.05, 0) is 68.1 Å². The average molecular weight is 459 g/mol. The molecule has 0 aromatic carbocycles. The number of rotatable bonds is 2. The lowest BCUT2D eigenvalue weighted by Crippen LogP contribution is -2.62. The zero-order valence-electron chi connectivity index (χ0n) is 20.6. The van der Waals surface area contributed by atoms with Crippen molar-refractivity contribution in [3.05, 3.63) is 11.6 Å². The molecule has 1 heterocycles. The molecule has 0 aromatic rings. The molecule has 5 unspecified atom stereocenters. The van der Waals surface area contributed by atoms with Crippen LogP contribution >= 0.6 is 0 Å². The van der Waals surface area contributed by atoms with Gasteiger partial charge in [-0.25, -0.2) is 0 Å². The van der Waals surface area contributed by atoms with E-state index in [1.165, 1.54) is 19.6 Å². The van der Waals surface area contributed by atoms with E-state index in [9.17, 15) is 14.4 Å². The van der Waals surface area contributed by atoms with Gasteiger partial charge < -0.3 is 14.2 Å². The highest BCUT2D eigenvalue weighted by atomic mass is 16.6. The molecule has 6 nitrogen and oxygen atoms in total. The lowest BCUT2D eigenvalue weighted by atomic mass is 9.43. The molecule has 1 saturated heterocycles. The maximum Gasteiger partial charge on any atom is 0.312 e. The summed E-state index contributed by atoms with van der Waals surface area (Å²) in [5, 5.41) is 0. The second kappa shape index (κ2) is 7.58. The molecule has 33 heavy (non-hydrogen) atoms. The first kappa shape index (κ1) is 22.9. The van der Waals surface area contributed by atoms with E-state index in [0.717, 1.165) is 32.1 Å². The van der Waals surface area contributed by atoms with Gasteiger partial charge in [0.2, 0.25) is 0 Å². The van der Waals surface area contributed by atoms with E-state index in [0.29, 0.717) is 25.2 Å². The van der Waals surface area contributed by atoms with Crippen molar-refractivity contribution in [2.75, 3.05) is 7.11 Å². The highest BCUT2D eigenvalue weighted by molar-refractivity contribution is 5.76. The zero-order valence-corrected chi connectivity index (χ0v) is 20.6. The van der Waals surface area contributed by atoms with E-state index >= 15 is 0 Å². The fourth-order valence-electron chi connectivity index (χ4n) is 8.91. The van der Waals surface area contributed by atoms with Gasteiger partial charge in [0.25, 0.3) is 0 Å². The van der Waals surface area contributed by atoms with E-state index in [4.69, 9.17) is 14.2 Å². The highest BCUT2D eigenvalue weighted by Gasteiger charge is 2.71. The Morgan fingerprint density at radius 2 is 1.91 bits per heavy atom. The van der Waals surface area contributed by atoms with Crippen molar-refractivity contribution in [1.82, 2.24) is 0 Å². The van der Waals surface area contributed by atoms with Crippen LogP contribution in [0.15, 0.2) is 11.6 Å². The second-order valence-electron chi connectivity index (χ2n) is 12.0. The summed E-state index contributed by atoms with van der Waals surface area (Å²) in [6, 6.07) is 0. The Hall–Kier alpha value is -1.85. The van der Waals surface area contributed by atoms with Crippen LogP contribution in [0.1, 0.15) is 79.1 Å². The minimum absolute atomic E-state index is 0.00128. The summed E-state index contributed by atoms with van der Waals surface area (Å²) in [6.45, 7) is 8.30. The minimum Gasteiger partial charge on any atom is -0.469 e. The molecular weight excluding hydrogens is 420 g/mol. The van der Waals surface area contributed by atoms with Crippen LogP contribution in [0.25, 0.3) is 0 Å². The third kappa shape index (κ3) is 3.15. The predicted molar refractivity (Wildman–Crippen MR) is 121 cm³/mol. The molecule has 4 fully saturated rings. The number of hydrogen-bond acceptors (Lipinski definition) is 6. The number of fused-ring (bicyclic) bond motifs is 6. The second-order valence-corrected chi connectivity index (χ2v) is 12.0. The molecule has 0 amide bonds. The fourth-order valence-corrected chi connectivity index (χ4v) is 8.91. The van der Waals surface area contributed by atoms with Crippen LogP contribution in [0.2, 0.25) is 0 Å². The van der Waals surface area contributed by atoms with E-state index in [1.807, 2.05) is 0 Å². The molecule has 6 heteroatoms. The minimum atomic E-state index is -0.523. The first-order chi connectivity index (χ1) is 15.5. The summed E-state index contributed by atoms with van der Waals surface area (Å²) >= 11 is 0. The molecule has 9 atom stereocenters. The summed E-state index contributed by atoms with van der Waals surface area (Å²) in [7, 11) is 1.47. The van der Waals surface area contributed by atoms with Gasteiger partial charge >= 0.3 is 17.9 Å². The SMILES string of the molecule is COC(=O)[C@@H]1C=C2C[C@@H](C)CCC2(C)C2C1C1CC[C@@]3(CCC(=O)O3)C1(C)C[C@H]2OC(C)=O. The first-order valence-corrected chi connectivity index (χ1v) is 12.7. The molecule has 4 aliphatic carbocycles. The number of hydrogen-bond donors (Lipinski definition) is 0. The number of methoxy groups -OCH3 is 1. The molecule has 0 radical (unpaired) electrons. The Kier molecular flexibility index (Phi) is 5.26. The Bertz CT molecular complexity index is 908. The van der Waals surface area contributed by atoms with E-state index < -0.39 is 5.60 Å². The van der Waals surface area contributed by atoms with Gasteiger partial charge in [-0.15, -0.1) is 0 Å². The topological polar surface area (TPSA) is 78.9 Å². The number of ether oxygens (including phenoxy) is 3. The van der Waals surface area contributed by atoms with Crippen LogP contribution in [0.4, 0.5) is 0 Å². The van der Waals surface area contributed by atoms with Crippen molar-refractivity contribution < 1.29 is 28.6 Å². The molecular formula is C27H38O6. The third-order valence-corrected chi connectivity index (χ3v) is 10.4. The average Bonchev–Trinajstić information content (AvgIpc) is 3.27. The van der Waals surface area contributed by atoms with Crippen LogP contribution in [-0.2, 0) is 28.6 Å². The van der Waals surface area contributed by atoms with Crippen LogP contribution in [0, 0.1) is 40.4 Å². The number of esters is 3. The van der Waals surface area contributed by atoms with Gasteiger partial charge in [-0.2, -0.15) is 0 Å². The van der Waals surface area contributed by atoms with Crippen molar-refractivity contribution in [2.24, 2.45) is 40.4 Å². The molecule has 0 bridgehead atoms. The van der Waals surface area contributed by atoms with Gasteiger partial charge in [0, 0.05) is 24.7 Å². The normalized spacial score (nSPS) is 48.3. The van der Waals surface area contributed by atoms with E-state index in [1.54, 1.807) is 0 Å². The van der Waals surface area contributed by atoms with Gasteiger partial charge in [-0.1, -0.05) is 32.4 Å². The zero-order chi connectivity index (χ0) is 23.8. The highest BCUT2D eigenvalue weighted by Crippen LogP contribution is 2.70. The Labute approximate surface area is 196 Å². The molecule has 182 valence electrons. The van der Waals surface area contributed by atoms with Crippen molar-refractivity contribution in [3.8, 4) is 0 Å². The quantitative estimate of drug-likeness (QED) is 0.342. The molecule has 5 aliphatic rings. The standard InChI is InChI=1S/C27H38O6/c1-15-6-9-25(3)17(12-15)13-18(24(30)31-5)22-19-7-10-27(11-8-21(29)33-27)26(19,4)14-20(23(22)25)32-16(2)28/h13,15,18-20,22-23H,6-12,14H2,1-5H3/t15-,18+,19?,20+,22?,23?,25?,26?,27+/m0/s1. The van der Waals surface area contributed by atoms with Gasteiger partial charge in [0.15, 0.2) is 0 Å². The summed E-state index contributed by atoms with van der Waals surface area (Å²) < 4.78 is 17.5. The molecule has 1 spiro atoms. The van der Waals surface area contributed by atoms with Gasteiger partial charge in [0.1, 0.15) is 11.7 Å². The summed E-state index contributed by atoms with van der Waals surface area (Å²) in [5.74, 6) is -0.131. The maximum absolute atomic E-state index is 13.2. The molecule has 1 aliphatic heterocycles. The van der Waals surface area contributed by atoms with Gasteiger partial charge in [0.05, 0.1) is 13.0 Å².